The Morgan fingerprint density at radius 2 is 2.05 bits per heavy atom. The van der Waals surface area contributed by atoms with Gasteiger partial charge in [-0.25, -0.2) is 4.79 Å². The van der Waals surface area contributed by atoms with Gasteiger partial charge < -0.3 is 15.3 Å². The van der Waals surface area contributed by atoms with Crippen molar-refractivity contribution in [3.8, 4) is 0 Å². The van der Waals surface area contributed by atoms with Gasteiger partial charge in [-0.2, -0.15) is 0 Å². The number of anilines is 1. The van der Waals surface area contributed by atoms with Crippen LogP contribution in [-0.2, 0) is 4.79 Å². The van der Waals surface area contributed by atoms with E-state index in [1.165, 1.54) is 6.20 Å². The summed E-state index contributed by atoms with van der Waals surface area (Å²) in [7, 11) is 3.63. The standard InChI is InChI=1S/C14H21N3O3/c1-9(2)7-11(14(19)20)16-13(18)10-8-15-6-5-12(10)17(3)4/h5-6,8-9,11H,7H2,1-4H3,(H,16,18)(H,19,20)/t11-/m1/s1. The van der Waals surface area contributed by atoms with Gasteiger partial charge in [-0.3, -0.25) is 9.78 Å². The molecule has 0 aliphatic carbocycles. The predicted molar refractivity (Wildman–Crippen MR) is 76.9 cm³/mol. The monoisotopic (exact) mass is 279 g/mol. The zero-order valence-electron chi connectivity index (χ0n) is 12.3. The van der Waals surface area contributed by atoms with Gasteiger partial charge in [0.1, 0.15) is 6.04 Å². The summed E-state index contributed by atoms with van der Waals surface area (Å²) in [4.78, 5) is 29.1. The number of hydrogen-bond acceptors (Lipinski definition) is 4. The molecule has 0 unspecified atom stereocenters. The van der Waals surface area contributed by atoms with Gasteiger partial charge >= 0.3 is 5.97 Å². The molecule has 110 valence electrons. The first-order valence-corrected chi connectivity index (χ1v) is 6.48. The molecule has 0 saturated heterocycles. The number of rotatable bonds is 6. The van der Waals surface area contributed by atoms with Crippen molar-refractivity contribution in [1.29, 1.82) is 0 Å². The van der Waals surface area contributed by atoms with E-state index >= 15 is 0 Å². The van der Waals surface area contributed by atoms with Crippen molar-refractivity contribution < 1.29 is 14.7 Å². The molecule has 2 N–H and O–H groups in total. The molecule has 0 fully saturated rings. The zero-order valence-corrected chi connectivity index (χ0v) is 12.3. The highest BCUT2D eigenvalue weighted by Gasteiger charge is 2.23. The largest absolute Gasteiger partial charge is 0.480 e. The number of carbonyl (C=O) groups is 2. The van der Waals surface area contributed by atoms with E-state index in [-0.39, 0.29) is 5.92 Å². The molecular formula is C14H21N3O3. The van der Waals surface area contributed by atoms with E-state index in [0.717, 1.165) is 0 Å². The van der Waals surface area contributed by atoms with Crippen molar-refractivity contribution in [1.82, 2.24) is 10.3 Å². The van der Waals surface area contributed by atoms with Crippen molar-refractivity contribution in [2.75, 3.05) is 19.0 Å². The third-order valence-corrected chi connectivity index (χ3v) is 2.84. The molecule has 1 amide bonds. The van der Waals surface area contributed by atoms with Gasteiger partial charge in [0.05, 0.1) is 11.3 Å². The van der Waals surface area contributed by atoms with Crippen molar-refractivity contribution in [2.45, 2.75) is 26.3 Å². The fraction of sp³-hybridized carbons (Fsp3) is 0.500. The number of carbonyl (C=O) groups excluding carboxylic acids is 1. The number of hydrogen-bond donors (Lipinski definition) is 2. The average molecular weight is 279 g/mol. The number of pyridine rings is 1. The fourth-order valence-electron chi connectivity index (χ4n) is 1.88. The highest BCUT2D eigenvalue weighted by Crippen LogP contribution is 2.17. The van der Waals surface area contributed by atoms with Crippen molar-refractivity contribution >= 4 is 17.6 Å². The van der Waals surface area contributed by atoms with Gasteiger partial charge in [0.2, 0.25) is 0 Å². The van der Waals surface area contributed by atoms with Crippen LogP contribution in [0.5, 0.6) is 0 Å². The molecular weight excluding hydrogens is 258 g/mol. The Bertz CT molecular complexity index is 486. The normalized spacial score (nSPS) is 12.1. The van der Waals surface area contributed by atoms with Crippen LogP contribution in [0.25, 0.3) is 0 Å². The summed E-state index contributed by atoms with van der Waals surface area (Å²) >= 11 is 0. The summed E-state index contributed by atoms with van der Waals surface area (Å²) in [6.07, 6.45) is 3.42. The molecule has 0 spiro atoms. The molecule has 1 heterocycles. The van der Waals surface area contributed by atoms with Crippen LogP contribution in [0.15, 0.2) is 18.5 Å². The van der Waals surface area contributed by atoms with Crippen molar-refractivity contribution in [2.24, 2.45) is 5.92 Å². The minimum atomic E-state index is -1.03. The molecule has 6 heteroatoms. The predicted octanol–water partition coefficient (Wildman–Crippen LogP) is 1.38. The van der Waals surface area contributed by atoms with Crippen LogP contribution in [0.1, 0.15) is 30.6 Å². The van der Waals surface area contributed by atoms with E-state index in [1.807, 2.05) is 27.9 Å². The van der Waals surface area contributed by atoms with Crippen molar-refractivity contribution in [3.63, 3.8) is 0 Å². The number of aliphatic carboxylic acids is 1. The Morgan fingerprint density at radius 3 is 2.55 bits per heavy atom. The van der Waals surface area contributed by atoms with Crippen molar-refractivity contribution in [3.05, 3.63) is 24.0 Å². The smallest absolute Gasteiger partial charge is 0.326 e. The molecule has 0 radical (unpaired) electrons. The third-order valence-electron chi connectivity index (χ3n) is 2.84. The average Bonchev–Trinajstić information content (AvgIpc) is 2.37. The van der Waals surface area contributed by atoms with Crippen LogP contribution in [-0.4, -0.2) is 42.1 Å². The Kier molecular flexibility index (Phi) is 5.49. The van der Waals surface area contributed by atoms with Gasteiger partial charge in [0.15, 0.2) is 0 Å². The Labute approximate surface area is 118 Å². The van der Waals surface area contributed by atoms with Gasteiger partial charge in [0, 0.05) is 26.5 Å². The number of nitrogens with one attached hydrogen (secondary N) is 1. The minimum Gasteiger partial charge on any atom is -0.480 e. The van der Waals surface area contributed by atoms with E-state index in [0.29, 0.717) is 17.7 Å². The molecule has 1 aromatic rings. The lowest BCUT2D eigenvalue weighted by molar-refractivity contribution is -0.139. The van der Waals surface area contributed by atoms with Gasteiger partial charge in [-0.05, 0) is 18.4 Å². The molecule has 0 aliphatic heterocycles. The van der Waals surface area contributed by atoms with Crippen LogP contribution in [0.3, 0.4) is 0 Å². The number of nitrogens with zero attached hydrogens (tertiary/aromatic N) is 2. The topological polar surface area (TPSA) is 82.5 Å². The van der Waals surface area contributed by atoms with E-state index < -0.39 is 17.9 Å². The maximum absolute atomic E-state index is 12.2. The Hall–Kier alpha value is -2.11. The first-order valence-electron chi connectivity index (χ1n) is 6.48. The zero-order chi connectivity index (χ0) is 15.3. The van der Waals surface area contributed by atoms with Gasteiger partial charge in [-0.15, -0.1) is 0 Å². The molecule has 0 saturated carbocycles. The third kappa shape index (κ3) is 4.22. The van der Waals surface area contributed by atoms with E-state index in [2.05, 4.69) is 10.3 Å². The summed E-state index contributed by atoms with van der Waals surface area (Å²) in [5.41, 5.74) is 1.07. The molecule has 1 atom stereocenters. The quantitative estimate of drug-likeness (QED) is 0.822. The first kappa shape index (κ1) is 15.9. The number of amides is 1. The van der Waals surface area contributed by atoms with Crippen LogP contribution >= 0.6 is 0 Å². The van der Waals surface area contributed by atoms with E-state index in [4.69, 9.17) is 5.11 Å². The molecule has 0 aliphatic rings. The molecule has 20 heavy (non-hydrogen) atoms. The number of aromatic nitrogens is 1. The molecule has 6 nitrogen and oxygen atoms in total. The second-order valence-corrected chi connectivity index (χ2v) is 5.28. The second kappa shape index (κ2) is 6.88. The first-order chi connectivity index (χ1) is 9.32. The van der Waals surface area contributed by atoms with E-state index in [1.54, 1.807) is 17.2 Å². The minimum absolute atomic E-state index is 0.179. The lowest BCUT2D eigenvalue weighted by atomic mass is 10.0. The Morgan fingerprint density at radius 1 is 1.40 bits per heavy atom. The maximum Gasteiger partial charge on any atom is 0.326 e. The molecule has 1 rings (SSSR count). The van der Waals surface area contributed by atoms with Crippen LogP contribution in [0.2, 0.25) is 0 Å². The second-order valence-electron chi connectivity index (χ2n) is 5.28. The number of carboxylic acids is 1. The SMILES string of the molecule is CC(C)C[C@@H](NC(=O)c1cnccc1N(C)C)C(=O)O. The van der Waals surface area contributed by atoms with Crippen LogP contribution in [0, 0.1) is 5.92 Å². The number of carboxylic acid groups (broad SMARTS) is 1. The lowest BCUT2D eigenvalue weighted by Crippen LogP contribution is -2.42. The lowest BCUT2D eigenvalue weighted by Gasteiger charge is -2.19. The summed E-state index contributed by atoms with van der Waals surface area (Å²) in [6, 6.07) is 0.824. The summed E-state index contributed by atoms with van der Waals surface area (Å²) in [5.74, 6) is -1.27. The van der Waals surface area contributed by atoms with Gasteiger partial charge in [0.25, 0.3) is 5.91 Å². The van der Waals surface area contributed by atoms with E-state index in [9.17, 15) is 9.59 Å². The fourth-order valence-corrected chi connectivity index (χ4v) is 1.88. The molecule has 0 aromatic carbocycles. The maximum atomic E-state index is 12.2. The Balaban J connectivity index is 2.92. The van der Waals surface area contributed by atoms with Crippen LogP contribution < -0.4 is 10.2 Å². The highest BCUT2D eigenvalue weighted by atomic mass is 16.4. The van der Waals surface area contributed by atoms with Crippen LogP contribution in [0.4, 0.5) is 5.69 Å². The summed E-state index contributed by atoms with van der Waals surface area (Å²) in [5, 5.41) is 11.7. The summed E-state index contributed by atoms with van der Waals surface area (Å²) in [6.45, 7) is 3.83. The van der Waals surface area contributed by atoms with Gasteiger partial charge in [-0.1, -0.05) is 13.8 Å². The molecule has 0 bridgehead atoms. The highest BCUT2D eigenvalue weighted by molar-refractivity contribution is 6.01. The molecule has 1 aromatic heterocycles. The summed E-state index contributed by atoms with van der Waals surface area (Å²) < 4.78 is 0.